The van der Waals surface area contributed by atoms with Crippen LogP contribution < -0.4 is 10.6 Å². The Morgan fingerprint density at radius 1 is 1.46 bits per heavy atom. The zero-order valence-corrected chi connectivity index (χ0v) is 9.59. The van der Waals surface area contributed by atoms with Gasteiger partial charge in [0, 0.05) is 18.8 Å². The number of alkyl carbamates (subject to hydrolysis) is 1. The van der Waals surface area contributed by atoms with Crippen LogP contribution in [-0.2, 0) is 4.74 Å². The molecule has 13 heavy (non-hydrogen) atoms. The highest BCUT2D eigenvalue weighted by Crippen LogP contribution is 2.15. The topological polar surface area (TPSA) is 50.4 Å². The zero-order valence-electron chi connectivity index (χ0n) is 7.96. The average Bonchev–Trinajstić information content (AvgIpc) is 2.13. The molecule has 0 aromatic carbocycles. The minimum absolute atomic E-state index is 0.336. The minimum atomic E-state index is -0.336. The van der Waals surface area contributed by atoms with Crippen molar-refractivity contribution in [2.24, 2.45) is 0 Å². The fourth-order valence-corrected chi connectivity index (χ4v) is 1.61. The highest BCUT2D eigenvalue weighted by molar-refractivity contribution is 8.76. The summed E-state index contributed by atoms with van der Waals surface area (Å²) in [7, 11) is 5.18. The summed E-state index contributed by atoms with van der Waals surface area (Å²) in [5, 5.41) is 5.54. The van der Waals surface area contributed by atoms with Crippen LogP contribution in [-0.4, -0.2) is 44.8 Å². The van der Waals surface area contributed by atoms with Crippen LogP contribution in [0.15, 0.2) is 0 Å². The van der Waals surface area contributed by atoms with Gasteiger partial charge in [-0.3, -0.25) is 0 Å². The summed E-state index contributed by atoms with van der Waals surface area (Å²) in [6.07, 6.45) is 1.66. The predicted molar refractivity (Wildman–Crippen MR) is 59.3 cm³/mol. The molecule has 0 atom stereocenters. The molecule has 0 aliphatic carbocycles. The second-order valence-electron chi connectivity index (χ2n) is 2.15. The standard InChI is InChI=1S/C7H16N2O2S2/c1-8-3-4-9-7(10)11-5-6-13-12-2/h8H,3-6H2,1-2H3,(H,9,10). The van der Waals surface area contributed by atoms with Crippen molar-refractivity contribution in [2.45, 2.75) is 0 Å². The highest BCUT2D eigenvalue weighted by Gasteiger charge is 1.98. The van der Waals surface area contributed by atoms with Crippen molar-refractivity contribution in [2.75, 3.05) is 38.8 Å². The first-order chi connectivity index (χ1) is 6.31. The van der Waals surface area contributed by atoms with Gasteiger partial charge in [0.1, 0.15) is 6.61 Å². The SMILES string of the molecule is CNCCNC(=O)OCCSSC. The molecule has 0 fully saturated rings. The van der Waals surface area contributed by atoms with E-state index in [0.29, 0.717) is 13.2 Å². The lowest BCUT2D eigenvalue weighted by Crippen LogP contribution is -2.31. The first-order valence-electron chi connectivity index (χ1n) is 4.02. The second-order valence-corrected chi connectivity index (χ2v) is 4.84. The van der Waals surface area contributed by atoms with E-state index in [4.69, 9.17) is 4.74 Å². The number of hydrogen-bond acceptors (Lipinski definition) is 5. The molecule has 0 unspecified atom stereocenters. The molecule has 0 aromatic rings. The molecule has 0 heterocycles. The maximum Gasteiger partial charge on any atom is 0.407 e. The number of nitrogens with one attached hydrogen (secondary N) is 2. The summed E-state index contributed by atoms with van der Waals surface area (Å²) in [6, 6.07) is 0. The first kappa shape index (κ1) is 12.9. The van der Waals surface area contributed by atoms with E-state index in [1.54, 1.807) is 21.6 Å². The fraction of sp³-hybridized carbons (Fsp3) is 0.857. The number of rotatable bonds is 7. The maximum atomic E-state index is 10.9. The number of carbonyl (C=O) groups excluding carboxylic acids is 1. The van der Waals surface area contributed by atoms with Gasteiger partial charge in [0.05, 0.1) is 0 Å². The summed E-state index contributed by atoms with van der Waals surface area (Å²) in [6.45, 7) is 1.83. The van der Waals surface area contributed by atoms with E-state index in [1.807, 2.05) is 13.3 Å². The van der Waals surface area contributed by atoms with E-state index < -0.39 is 0 Å². The van der Waals surface area contributed by atoms with Crippen molar-refractivity contribution < 1.29 is 9.53 Å². The Morgan fingerprint density at radius 2 is 2.23 bits per heavy atom. The smallest absolute Gasteiger partial charge is 0.407 e. The number of likely N-dealkylation sites (N-methyl/N-ethyl adjacent to an activating group) is 1. The zero-order chi connectivity index (χ0) is 9.94. The van der Waals surface area contributed by atoms with E-state index in [9.17, 15) is 4.79 Å². The molecule has 4 nitrogen and oxygen atoms in total. The van der Waals surface area contributed by atoms with Gasteiger partial charge in [0.25, 0.3) is 0 Å². The first-order valence-corrected chi connectivity index (χ1v) is 6.74. The quantitative estimate of drug-likeness (QED) is 0.498. The molecule has 0 saturated carbocycles. The van der Waals surface area contributed by atoms with Gasteiger partial charge in [-0.25, -0.2) is 4.79 Å². The molecule has 1 amide bonds. The number of carbonyl (C=O) groups is 1. The molecule has 0 spiro atoms. The van der Waals surface area contributed by atoms with Gasteiger partial charge in [0.2, 0.25) is 0 Å². The van der Waals surface area contributed by atoms with Gasteiger partial charge >= 0.3 is 6.09 Å². The molecule has 0 bridgehead atoms. The van der Waals surface area contributed by atoms with E-state index in [-0.39, 0.29) is 6.09 Å². The predicted octanol–water partition coefficient (Wildman–Crippen LogP) is 0.943. The summed E-state index contributed by atoms with van der Waals surface area (Å²) >= 11 is 0. The molecule has 0 saturated heterocycles. The lowest BCUT2D eigenvalue weighted by atomic mass is 10.6. The molecule has 0 aromatic heterocycles. The third-order valence-corrected chi connectivity index (χ3v) is 2.94. The lowest BCUT2D eigenvalue weighted by molar-refractivity contribution is 0.153. The molecular weight excluding hydrogens is 208 g/mol. The van der Waals surface area contributed by atoms with Crippen LogP contribution in [0.3, 0.4) is 0 Å². The Balaban J connectivity index is 3.11. The second kappa shape index (κ2) is 10.0. The van der Waals surface area contributed by atoms with Crippen LogP contribution in [0.2, 0.25) is 0 Å². The molecule has 6 heteroatoms. The summed E-state index contributed by atoms with van der Waals surface area (Å²) in [5.74, 6) is 0.834. The number of amides is 1. The van der Waals surface area contributed by atoms with E-state index >= 15 is 0 Å². The van der Waals surface area contributed by atoms with Crippen molar-refractivity contribution in [3.63, 3.8) is 0 Å². The van der Waals surface area contributed by atoms with Crippen LogP contribution in [0.25, 0.3) is 0 Å². The van der Waals surface area contributed by atoms with E-state index in [0.717, 1.165) is 12.3 Å². The van der Waals surface area contributed by atoms with Crippen molar-refractivity contribution >= 4 is 27.7 Å². The van der Waals surface area contributed by atoms with Crippen LogP contribution >= 0.6 is 21.6 Å². The molecule has 2 N–H and O–H groups in total. The Kier molecular flexibility index (Phi) is 9.96. The molecule has 0 aliphatic rings. The molecular formula is C7H16N2O2S2. The Labute approximate surface area is 86.9 Å². The monoisotopic (exact) mass is 224 g/mol. The molecule has 78 valence electrons. The van der Waals surface area contributed by atoms with Crippen molar-refractivity contribution in [1.29, 1.82) is 0 Å². The van der Waals surface area contributed by atoms with Gasteiger partial charge in [-0.2, -0.15) is 0 Å². The van der Waals surface area contributed by atoms with Gasteiger partial charge in [-0.05, 0) is 13.3 Å². The van der Waals surface area contributed by atoms with Crippen molar-refractivity contribution in [3.05, 3.63) is 0 Å². The highest BCUT2D eigenvalue weighted by atomic mass is 33.1. The lowest BCUT2D eigenvalue weighted by Gasteiger charge is -2.05. The third-order valence-electron chi connectivity index (χ3n) is 1.16. The maximum absolute atomic E-state index is 10.9. The largest absolute Gasteiger partial charge is 0.449 e. The van der Waals surface area contributed by atoms with Crippen LogP contribution in [0.4, 0.5) is 4.79 Å². The average molecular weight is 224 g/mol. The van der Waals surface area contributed by atoms with Gasteiger partial charge in [0.15, 0.2) is 0 Å². The summed E-state index contributed by atoms with van der Waals surface area (Å²) < 4.78 is 4.88. The van der Waals surface area contributed by atoms with Crippen LogP contribution in [0.1, 0.15) is 0 Å². The van der Waals surface area contributed by atoms with E-state index in [2.05, 4.69) is 10.6 Å². The van der Waals surface area contributed by atoms with Crippen molar-refractivity contribution in [3.8, 4) is 0 Å². The Morgan fingerprint density at radius 3 is 2.85 bits per heavy atom. The van der Waals surface area contributed by atoms with Gasteiger partial charge in [-0.1, -0.05) is 21.6 Å². The Hall–Kier alpha value is -0.0700. The summed E-state index contributed by atoms with van der Waals surface area (Å²) in [4.78, 5) is 10.9. The molecule has 0 radical (unpaired) electrons. The summed E-state index contributed by atoms with van der Waals surface area (Å²) in [5.41, 5.74) is 0. The van der Waals surface area contributed by atoms with Crippen LogP contribution in [0, 0.1) is 0 Å². The molecule has 0 rings (SSSR count). The fourth-order valence-electron chi connectivity index (χ4n) is 0.592. The van der Waals surface area contributed by atoms with Gasteiger partial charge < -0.3 is 15.4 Å². The number of hydrogen-bond donors (Lipinski definition) is 2. The van der Waals surface area contributed by atoms with Gasteiger partial charge in [-0.15, -0.1) is 0 Å². The third kappa shape index (κ3) is 9.85. The Bertz CT molecular complexity index is 136. The molecule has 0 aliphatic heterocycles. The van der Waals surface area contributed by atoms with Crippen molar-refractivity contribution in [1.82, 2.24) is 10.6 Å². The normalized spacial score (nSPS) is 9.69. The van der Waals surface area contributed by atoms with Crippen LogP contribution in [0.5, 0.6) is 0 Å². The minimum Gasteiger partial charge on any atom is -0.449 e. The number of ether oxygens (including phenoxy) is 1. The van der Waals surface area contributed by atoms with E-state index in [1.165, 1.54) is 0 Å².